The van der Waals surface area contributed by atoms with Gasteiger partial charge in [0.05, 0.1) is 30.3 Å². The van der Waals surface area contributed by atoms with E-state index in [2.05, 4.69) is 96.6 Å². The summed E-state index contributed by atoms with van der Waals surface area (Å²) in [5.41, 5.74) is 4.67. The normalized spacial score (nSPS) is 32.1. The average molecular weight is 452 g/mol. The summed E-state index contributed by atoms with van der Waals surface area (Å²) in [4.78, 5) is 5.00. The van der Waals surface area contributed by atoms with Gasteiger partial charge in [-0.25, -0.2) is 4.57 Å². The molecule has 2 aliphatic rings. The van der Waals surface area contributed by atoms with Crippen molar-refractivity contribution in [2.45, 2.75) is 116 Å². The fourth-order valence-electron chi connectivity index (χ4n) is 6.60. The first-order valence-electron chi connectivity index (χ1n) is 12.9. The lowest BCUT2D eigenvalue weighted by Crippen LogP contribution is -2.73. The SMILES string of the molecule is CCC[C@@]1(C)[n+]2cnc(C(C)(C)C)cc2-c2ccccc2C1(CC)C1COC(C)CC(C)O1. The molecule has 4 nitrogen and oxygen atoms in total. The van der Waals surface area contributed by atoms with Gasteiger partial charge in [0.15, 0.2) is 5.69 Å². The van der Waals surface area contributed by atoms with Crippen LogP contribution in [0, 0.1) is 0 Å². The predicted octanol–water partition coefficient (Wildman–Crippen LogP) is 6.09. The zero-order valence-corrected chi connectivity index (χ0v) is 21.9. The van der Waals surface area contributed by atoms with Crippen LogP contribution >= 0.6 is 0 Å². The third-order valence-electron chi connectivity index (χ3n) is 8.23. The summed E-state index contributed by atoms with van der Waals surface area (Å²) in [7, 11) is 0. The first-order valence-corrected chi connectivity index (χ1v) is 12.9. The van der Waals surface area contributed by atoms with Gasteiger partial charge >= 0.3 is 0 Å². The van der Waals surface area contributed by atoms with Gasteiger partial charge in [-0.05, 0) is 45.6 Å². The number of fused-ring (bicyclic) bond motifs is 3. The summed E-state index contributed by atoms with van der Waals surface area (Å²) in [6, 6.07) is 11.3. The van der Waals surface area contributed by atoms with E-state index in [4.69, 9.17) is 14.5 Å². The molecule has 33 heavy (non-hydrogen) atoms. The van der Waals surface area contributed by atoms with Crippen molar-refractivity contribution in [2.75, 3.05) is 6.61 Å². The van der Waals surface area contributed by atoms with E-state index < -0.39 is 0 Å². The third-order valence-corrected chi connectivity index (χ3v) is 8.23. The fraction of sp³-hybridized carbons (Fsp3) is 0.655. The van der Waals surface area contributed by atoms with Crippen LogP contribution in [-0.2, 0) is 25.8 Å². The highest BCUT2D eigenvalue weighted by molar-refractivity contribution is 5.66. The van der Waals surface area contributed by atoms with Crippen molar-refractivity contribution in [3.8, 4) is 11.3 Å². The van der Waals surface area contributed by atoms with E-state index in [0.29, 0.717) is 6.61 Å². The van der Waals surface area contributed by atoms with Gasteiger partial charge in [-0.2, -0.15) is 0 Å². The standard InChI is InChI=1S/C29H43N2O2/c1-9-15-28(8)29(10-2,26-18-32-20(3)16-21(4)33-26)23-14-12-11-13-22(23)24-17-25(27(5,6)7)30-19-31(24)28/h11-14,17,19-21,26H,9-10,15-16,18H2,1-8H3/q+1/t20?,21?,26?,28-,29?/m1/s1. The van der Waals surface area contributed by atoms with E-state index in [1.807, 2.05) is 0 Å². The highest BCUT2D eigenvalue weighted by Gasteiger charge is 2.61. The van der Waals surface area contributed by atoms with Gasteiger partial charge in [-0.15, -0.1) is 0 Å². The van der Waals surface area contributed by atoms with Gasteiger partial charge in [-0.1, -0.05) is 70.3 Å². The quantitative estimate of drug-likeness (QED) is 0.528. The van der Waals surface area contributed by atoms with Crippen LogP contribution in [0.15, 0.2) is 36.7 Å². The number of benzene rings is 1. The smallest absolute Gasteiger partial charge is 0.287 e. The number of aromatic nitrogens is 2. The molecule has 2 aromatic rings. The monoisotopic (exact) mass is 451 g/mol. The lowest BCUT2D eigenvalue weighted by molar-refractivity contribution is -0.770. The molecule has 0 radical (unpaired) electrons. The highest BCUT2D eigenvalue weighted by atomic mass is 16.6. The minimum atomic E-state index is -0.222. The minimum Gasteiger partial charge on any atom is -0.376 e. The van der Waals surface area contributed by atoms with Crippen molar-refractivity contribution in [3.05, 3.63) is 47.9 Å². The van der Waals surface area contributed by atoms with Crippen molar-refractivity contribution in [1.29, 1.82) is 0 Å². The van der Waals surface area contributed by atoms with Crippen LogP contribution in [0.2, 0.25) is 0 Å². The summed E-state index contributed by atoms with van der Waals surface area (Å²) in [5.74, 6) is 0. The molecule has 2 aliphatic heterocycles. The molecule has 4 heteroatoms. The van der Waals surface area contributed by atoms with Crippen LogP contribution in [0.4, 0.5) is 0 Å². The van der Waals surface area contributed by atoms with Crippen molar-refractivity contribution in [3.63, 3.8) is 0 Å². The van der Waals surface area contributed by atoms with E-state index >= 15 is 0 Å². The molecule has 3 heterocycles. The molecule has 4 rings (SSSR count). The van der Waals surface area contributed by atoms with Crippen LogP contribution in [0.5, 0.6) is 0 Å². The Morgan fingerprint density at radius 3 is 2.52 bits per heavy atom. The summed E-state index contributed by atoms with van der Waals surface area (Å²) in [6.07, 6.45) is 6.51. The second-order valence-corrected chi connectivity index (χ2v) is 11.5. The first-order chi connectivity index (χ1) is 15.6. The molecule has 1 saturated heterocycles. The summed E-state index contributed by atoms with van der Waals surface area (Å²) in [5, 5.41) is 0. The minimum absolute atomic E-state index is 0.00517. The lowest BCUT2D eigenvalue weighted by Gasteiger charge is -2.54. The number of ether oxygens (including phenoxy) is 2. The van der Waals surface area contributed by atoms with E-state index in [1.165, 1.54) is 16.8 Å². The molecule has 1 aromatic heterocycles. The van der Waals surface area contributed by atoms with E-state index in [0.717, 1.165) is 31.4 Å². The molecule has 1 aromatic carbocycles. The molecule has 0 N–H and O–H groups in total. The Balaban J connectivity index is 2.02. The molecule has 0 amide bonds. The fourth-order valence-corrected chi connectivity index (χ4v) is 6.60. The Hall–Kier alpha value is -1.78. The summed E-state index contributed by atoms with van der Waals surface area (Å²) >= 11 is 0. The van der Waals surface area contributed by atoms with Crippen LogP contribution < -0.4 is 4.57 Å². The van der Waals surface area contributed by atoms with Crippen LogP contribution in [-0.4, -0.2) is 29.9 Å². The Bertz CT molecular complexity index is 997. The Morgan fingerprint density at radius 1 is 1.12 bits per heavy atom. The van der Waals surface area contributed by atoms with Gasteiger partial charge in [0.25, 0.3) is 6.33 Å². The third kappa shape index (κ3) is 3.83. The van der Waals surface area contributed by atoms with Crippen molar-refractivity contribution >= 4 is 0 Å². The zero-order chi connectivity index (χ0) is 24.0. The maximum absolute atomic E-state index is 6.85. The maximum atomic E-state index is 6.85. The molecule has 0 aliphatic carbocycles. The lowest BCUT2D eigenvalue weighted by atomic mass is 9.56. The zero-order valence-electron chi connectivity index (χ0n) is 21.9. The second-order valence-electron chi connectivity index (χ2n) is 11.5. The van der Waals surface area contributed by atoms with Crippen molar-refractivity contribution < 1.29 is 14.0 Å². The number of rotatable bonds is 4. The van der Waals surface area contributed by atoms with Gasteiger partial charge in [0.2, 0.25) is 0 Å². The Morgan fingerprint density at radius 2 is 1.85 bits per heavy atom. The first kappa shape index (κ1) is 24.3. The van der Waals surface area contributed by atoms with Crippen molar-refractivity contribution in [1.82, 2.24) is 4.98 Å². The maximum Gasteiger partial charge on any atom is 0.287 e. The molecule has 1 fully saturated rings. The van der Waals surface area contributed by atoms with Crippen LogP contribution in [0.1, 0.15) is 92.3 Å². The largest absolute Gasteiger partial charge is 0.376 e. The molecular formula is C29H43N2O2+. The molecule has 4 unspecified atom stereocenters. The van der Waals surface area contributed by atoms with Gasteiger partial charge in [0, 0.05) is 17.0 Å². The number of hydrogen-bond donors (Lipinski definition) is 0. The second kappa shape index (κ2) is 8.78. The van der Waals surface area contributed by atoms with Crippen LogP contribution in [0.3, 0.4) is 0 Å². The molecule has 180 valence electrons. The number of hydrogen-bond acceptors (Lipinski definition) is 3. The summed E-state index contributed by atoms with van der Waals surface area (Å²) in [6.45, 7) is 18.8. The van der Waals surface area contributed by atoms with E-state index in [1.54, 1.807) is 0 Å². The predicted molar refractivity (Wildman–Crippen MR) is 133 cm³/mol. The molecule has 0 spiro atoms. The Kier molecular flexibility index (Phi) is 6.48. The summed E-state index contributed by atoms with van der Waals surface area (Å²) < 4.78 is 15.7. The van der Waals surface area contributed by atoms with Gasteiger partial charge in [0.1, 0.15) is 11.2 Å². The molecular weight excluding hydrogens is 408 g/mol. The van der Waals surface area contributed by atoms with E-state index in [9.17, 15) is 0 Å². The van der Waals surface area contributed by atoms with Crippen LogP contribution in [0.25, 0.3) is 11.3 Å². The van der Waals surface area contributed by atoms with Gasteiger partial charge in [-0.3, -0.25) is 0 Å². The highest BCUT2D eigenvalue weighted by Crippen LogP contribution is 2.53. The van der Waals surface area contributed by atoms with E-state index in [-0.39, 0.29) is 34.7 Å². The van der Waals surface area contributed by atoms with Gasteiger partial charge < -0.3 is 9.47 Å². The Labute approximate surface area is 200 Å². The molecule has 0 bridgehead atoms. The molecule has 5 atom stereocenters. The number of nitrogens with zero attached hydrogens (tertiary/aromatic N) is 2. The molecule has 0 saturated carbocycles. The average Bonchev–Trinajstić information content (AvgIpc) is 2.94. The topological polar surface area (TPSA) is 35.2 Å². The van der Waals surface area contributed by atoms with Crippen molar-refractivity contribution in [2.24, 2.45) is 0 Å².